The Labute approximate surface area is 118 Å². The first-order valence-corrected chi connectivity index (χ1v) is 8.30. The van der Waals surface area contributed by atoms with Gasteiger partial charge in [-0.2, -0.15) is 0 Å². The van der Waals surface area contributed by atoms with Gasteiger partial charge in [0.2, 0.25) is 0 Å². The number of carbonyl (C=O) groups excluding carboxylic acids is 1. The second-order valence-corrected chi connectivity index (χ2v) is 7.14. The average Bonchev–Trinajstić information content (AvgIpc) is 2.42. The summed E-state index contributed by atoms with van der Waals surface area (Å²) in [5, 5.41) is 0. The zero-order valence-corrected chi connectivity index (χ0v) is 13.0. The Hall–Kier alpha value is -0.590. The van der Waals surface area contributed by atoms with E-state index in [-0.39, 0.29) is 0 Å². The molecule has 0 aromatic heterocycles. The Kier molecular flexibility index (Phi) is 4.86. The van der Waals surface area contributed by atoms with Crippen LogP contribution in [0.1, 0.15) is 78.6 Å². The van der Waals surface area contributed by atoms with Gasteiger partial charge in [-0.3, -0.25) is 4.79 Å². The van der Waals surface area contributed by atoms with Gasteiger partial charge >= 0.3 is 0 Å². The Morgan fingerprint density at radius 1 is 1.21 bits per heavy atom. The first-order chi connectivity index (χ1) is 9.07. The molecule has 0 spiro atoms. The number of rotatable bonds is 8. The van der Waals surface area contributed by atoms with E-state index in [0.717, 1.165) is 25.2 Å². The Bertz CT molecular complexity index is 351. The molecule has 108 valence electrons. The molecular weight excluding hydrogens is 232 g/mol. The summed E-state index contributed by atoms with van der Waals surface area (Å²) in [6.45, 7) is 6.93. The van der Waals surface area contributed by atoms with Crippen molar-refractivity contribution in [3.63, 3.8) is 0 Å². The van der Waals surface area contributed by atoms with E-state index in [1.54, 1.807) is 0 Å². The standard InChI is InChI=1S/C18H30O/c1-4-5-6-7-8-9-10-17(19)15-12-11-14-13-16(15)18(14,2)3/h12,14,16H,4-11,13H2,1-3H3. The quantitative estimate of drug-likeness (QED) is 0.543. The molecule has 1 nitrogen and oxygen atoms in total. The highest BCUT2D eigenvalue weighted by Gasteiger charge is 2.52. The summed E-state index contributed by atoms with van der Waals surface area (Å²) in [6.07, 6.45) is 13.1. The molecule has 3 rings (SSSR count). The van der Waals surface area contributed by atoms with Crippen LogP contribution in [0.2, 0.25) is 0 Å². The third-order valence-electron chi connectivity index (χ3n) is 5.55. The number of hydrogen-bond acceptors (Lipinski definition) is 1. The summed E-state index contributed by atoms with van der Waals surface area (Å²) >= 11 is 0. The summed E-state index contributed by atoms with van der Waals surface area (Å²) in [5.41, 5.74) is 1.57. The van der Waals surface area contributed by atoms with E-state index in [0.29, 0.717) is 17.1 Å². The van der Waals surface area contributed by atoms with E-state index >= 15 is 0 Å². The zero-order chi connectivity index (χ0) is 13.9. The molecule has 0 aromatic carbocycles. The Morgan fingerprint density at radius 2 is 1.89 bits per heavy atom. The topological polar surface area (TPSA) is 17.1 Å². The normalized spacial score (nSPS) is 27.6. The second-order valence-electron chi connectivity index (χ2n) is 7.14. The van der Waals surface area contributed by atoms with Crippen LogP contribution in [-0.4, -0.2) is 5.78 Å². The van der Waals surface area contributed by atoms with Crippen molar-refractivity contribution in [2.45, 2.75) is 78.6 Å². The molecule has 2 atom stereocenters. The lowest BCUT2D eigenvalue weighted by molar-refractivity contribution is -0.119. The molecule has 0 aliphatic heterocycles. The van der Waals surface area contributed by atoms with Gasteiger partial charge in [-0.1, -0.05) is 59.0 Å². The van der Waals surface area contributed by atoms with Crippen molar-refractivity contribution in [2.24, 2.45) is 17.3 Å². The summed E-state index contributed by atoms with van der Waals surface area (Å²) < 4.78 is 0. The molecule has 0 saturated heterocycles. The molecule has 0 N–H and O–H groups in total. The van der Waals surface area contributed by atoms with E-state index in [9.17, 15) is 4.79 Å². The van der Waals surface area contributed by atoms with Crippen LogP contribution in [0.15, 0.2) is 11.6 Å². The maximum Gasteiger partial charge on any atom is 0.158 e. The third-order valence-corrected chi connectivity index (χ3v) is 5.55. The molecule has 3 aliphatic rings. The maximum absolute atomic E-state index is 12.3. The van der Waals surface area contributed by atoms with Gasteiger partial charge in [0.1, 0.15) is 0 Å². The monoisotopic (exact) mass is 262 g/mol. The van der Waals surface area contributed by atoms with Crippen LogP contribution in [0, 0.1) is 17.3 Å². The van der Waals surface area contributed by atoms with E-state index < -0.39 is 0 Å². The van der Waals surface area contributed by atoms with Crippen LogP contribution in [0.4, 0.5) is 0 Å². The van der Waals surface area contributed by atoms with E-state index in [1.807, 2.05) is 0 Å². The maximum atomic E-state index is 12.3. The fourth-order valence-electron chi connectivity index (χ4n) is 3.87. The lowest BCUT2D eigenvalue weighted by atomic mass is 9.48. The van der Waals surface area contributed by atoms with Gasteiger partial charge in [0.25, 0.3) is 0 Å². The minimum Gasteiger partial charge on any atom is -0.295 e. The van der Waals surface area contributed by atoms with E-state index in [1.165, 1.54) is 44.1 Å². The number of ketones is 1. The van der Waals surface area contributed by atoms with Gasteiger partial charge in [0.05, 0.1) is 0 Å². The highest BCUT2D eigenvalue weighted by molar-refractivity contribution is 5.96. The smallest absolute Gasteiger partial charge is 0.158 e. The highest BCUT2D eigenvalue weighted by atomic mass is 16.1. The molecule has 2 bridgehead atoms. The minimum absolute atomic E-state index is 0.390. The summed E-state index contributed by atoms with van der Waals surface area (Å²) in [4.78, 5) is 12.3. The van der Waals surface area contributed by atoms with Gasteiger partial charge in [-0.25, -0.2) is 0 Å². The number of Topliss-reactive ketones (excluding diaryl/α,β-unsaturated/α-hetero) is 1. The van der Waals surface area contributed by atoms with Crippen molar-refractivity contribution in [2.75, 3.05) is 0 Å². The number of fused-ring (bicyclic) bond motifs is 1. The fourth-order valence-corrected chi connectivity index (χ4v) is 3.87. The van der Waals surface area contributed by atoms with Crippen LogP contribution in [0.25, 0.3) is 0 Å². The molecule has 0 radical (unpaired) electrons. The van der Waals surface area contributed by atoms with E-state index in [4.69, 9.17) is 0 Å². The van der Waals surface area contributed by atoms with Crippen LogP contribution in [0.5, 0.6) is 0 Å². The SMILES string of the molecule is CCCCCCCCC(=O)C1=CCC2CC1C2(C)C. The minimum atomic E-state index is 0.390. The second kappa shape index (κ2) is 6.24. The first kappa shape index (κ1) is 14.8. The van der Waals surface area contributed by atoms with Gasteiger partial charge in [-0.15, -0.1) is 0 Å². The van der Waals surface area contributed by atoms with Crippen LogP contribution in [0.3, 0.4) is 0 Å². The molecule has 1 heteroatoms. The summed E-state index contributed by atoms with van der Waals surface area (Å²) in [6, 6.07) is 0. The molecular formula is C18H30O. The van der Waals surface area contributed by atoms with Gasteiger partial charge in [0, 0.05) is 6.42 Å². The summed E-state index contributed by atoms with van der Waals surface area (Å²) in [5.74, 6) is 1.86. The lowest BCUT2D eigenvalue weighted by Gasteiger charge is -2.56. The molecule has 1 saturated carbocycles. The molecule has 1 fully saturated rings. The lowest BCUT2D eigenvalue weighted by Crippen LogP contribution is -2.49. The van der Waals surface area contributed by atoms with Gasteiger partial charge in [0.15, 0.2) is 5.78 Å². The molecule has 0 amide bonds. The number of allylic oxidation sites excluding steroid dienone is 2. The number of hydrogen-bond donors (Lipinski definition) is 0. The first-order valence-electron chi connectivity index (χ1n) is 8.30. The molecule has 3 aliphatic carbocycles. The Balaban J connectivity index is 1.71. The van der Waals surface area contributed by atoms with Crippen molar-refractivity contribution in [1.29, 1.82) is 0 Å². The highest BCUT2D eigenvalue weighted by Crippen LogP contribution is 2.59. The van der Waals surface area contributed by atoms with Crippen LogP contribution >= 0.6 is 0 Å². The van der Waals surface area contributed by atoms with Crippen molar-refractivity contribution < 1.29 is 4.79 Å². The third kappa shape index (κ3) is 3.12. The molecule has 0 aromatic rings. The van der Waals surface area contributed by atoms with Crippen molar-refractivity contribution in [3.8, 4) is 0 Å². The summed E-state index contributed by atoms with van der Waals surface area (Å²) in [7, 11) is 0. The van der Waals surface area contributed by atoms with Crippen LogP contribution in [-0.2, 0) is 4.79 Å². The number of carbonyl (C=O) groups is 1. The molecule has 0 heterocycles. The van der Waals surface area contributed by atoms with Crippen LogP contribution < -0.4 is 0 Å². The predicted molar refractivity (Wildman–Crippen MR) is 81.1 cm³/mol. The van der Waals surface area contributed by atoms with Crippen molar-refractivity contribution in [1.82, 2.24) is 0 Å². The molecule has 2 unspecified atom stereocenters. The van der Waals surface area contributed by atoms with Gasteiger partial charge < -0.3 is 0 Å². The molecule has 19 heavy (non-hydrogen) atoms. The van der Waals surface area contributed by atoms with Crippen molar-refractivity contribution in [3.05, 3.63) is 11.6 Å². The number of unbranched alkanes of at least 4 members (excludes halogenated alkanes) is 5. The van der Waals surface area contributed by atoms with Crippen molar-refractivity contribution >= 4 is 5.78 Å². The fraction of sp³-hybridized carbons (Fsp3) is 0.833. The predicted octanol–water partition coefficient (Wildman–Crippen LogP) is 5.30. The largest absolute Gasteiger partial charge is 0.295 e. The zero-order valence-electron chi connectivity index (χ0n) is 13.0. The van der Waals surface area contributed by atoms with E-state index in [2.05, 4.69) is 26.8 Å². The van der Waals surface area contributed by atoms with Gasteiger partial charge in [-0.05, 0) is 42.1 Å². The Morgan fingerprint density at radius 3 is 2.53 bits per heavy atom. The average molecular weight is 262 g/mol.